The maximum Gasteiger partial charge on any atom is 0.329 e. The highest BCUT2D eigenvalue weighted by molar-refractivity contribution is 6.86. The van der Waals surface area contributed by atoms with E-state index >= 15 is 0 Å². The molecule has 0 saturated heterocycles. The molecule has 2 nitrogen and oxygen atoms in total. The number of fused-ring (bicyclic) bond motifs is 14. The van der Waals surface area contributed by atoms with Crippen LogP contribution in [0.15, 0.2) is 96.5 Å². The molecule has 2 aliphatic heterocycles. The van der Waals surface area contributed by atoms with Crippen LogP contribution in [0.5, 0.6) is 0 Å². The van der Waals surface area contributed by atoms with Gasteiger partial charge in [0.2, 0.25) is 0 Å². The van der Waals surface area contributed by atoms with Crippen molar-refractivity contribution in [2.75, 3.05) is 4.90 Å². The van der Waals surface area contributed by atoms with E-state index in [1.807, 2.05) is 0 Å². The molecule has 71 heavy (non-hydrogen) atoms. The predicted octanol–water partition coefficient (Wildman–Crippen LogP) is 17.5. The number of hydrogen-bond donors (Lipinski definition) is 0. The highest BCUT2D eigenvalue weighted by Gasteiger charge is 2.56. The van der Waals surface area contributed by atoms with Gasteiger partial charge < -0.3 is 9.38 Å². The second kappa shape index (κ2) is 13.5. The second-order valence-corrected chi connectivity index (χ2v) is 29.1. The standard InChI is InChI=1S/C68H77BN2/c1-61(2,3)38-23-26-53-42(31-38)44-32-39(62(4,5)6)33-46-55-56-43(41-21-19-20-22-47(41)67(56,15)16)36-54-57(55)69(71(53)58(44)46)60-59(70(54)40-24-25-48-50(34-40)64(9,10)28-27-63(48,7)8)45-35-51-52(37-49(45)68(60,17)18)66(13,14)30-29-65(51,11)12/h19-26,31-37H,27-30H2,1-18H3. The topological polar surface area (TPSA) is 8.17 Å². The summed E-state index contributed by atoms with van der Waals surface area (Å²) in [6.45, 7) is 44.5. The van der Waals surface area contributed by atoms with Gasteiger partial charge in [0.15, 0.2) is 0 Å². The van der Waals surface area contributed by atoms with Gasteiger partial charge in [0, 0.05) is 60.8 Å². The molecule has 0 amide bonds. The minimum atomic E-state index is -0.292. The van der Waals surface area contributed by atoms with Crippen LogP contribution >= 0.6 is 0 Å². The van der Waals surface area contributed by atoms with Crippen molar-refractivity contribution in [3.8, 4) is 22.3 Å². The zero-order valence-corrected chi connectivity index (χ0v) is 46.5. The number of rotatable bonds is 1. The number of aromatic nitrogens is 1. The zero-order valence-electron chi connectivity index (χ0n) is 46.5. The molecule has 3 heteroatoms. The van der Waals surface area contributed by atoms with Crippen LogP contribution < -0.4 is 10.4 Å². The van der Waals surface area contributed by atoms with Crippen LogP contribution in [-0.2, 0) is 43.3 Å². The van der Waals surface area contributed by atoms with Crippen LogP contribution in [0.1, 0.15) is 206 Å². The molecule has 13 rings (SSSR count). The first-order valence-corrected chi connectivity index (χ1v) is 27.3. The van der Waals surface area contributed by atoms with Crippen molar-refractivity contribution in [3.63, 3.8) is 0 Å². The van der Waals surface area contributed by atoms with E-state index in [2.05, 4.69) is 225 Å². The first-order valence-electron chi connectivity index (χ1n) is 27.3. The van der Waals surface area contributed by atoms with E-state index < -0.39 is 0 Å². The molecule has 7 aromatic rings. The number of anilines is 2. The lowest BCUT2D eigenvalue weighted by Gasteiger charge is -2.46. The lowest BCUT2D eigenvalue weighted by Crippen LogP contribution is -2.53. The molecule has 0 N–H and O–H groups in total. The van der Waals surface area contributed by atoms with Crippen LogP contribution in [-0.4, -0.2) is 11.3 Å². The third-order valence-electron chi connectivity index (χ3n) is 20.0. The quantitative estimate of drug-likeness (QED) is 0.149. The summed E-state index contributed by atoms with van der Waals surface area (Å²) >= 11 is 0. The molecule has 6 aromatic carbocycles. The smallest absolute Gasteiger partial charge is 0.329 e. The molecule has 0 saturated carbocycles. The second-order valence-electron chi connectivity index (χ2n) is 29.1. The average Bonchev–Trinajstić information content (AvgIpc) is 3.83. The summed E-state index contributed by atoms with van der Waals surface area (Å²) in [5.41, 5.74) is 29.9. The van der Waals surface area contributed by atoms with E-state index in [1.165, 1.54) is 148 Å². The molecule has 0 fully saturated rings. The molecular formula is C68H77BN2. The molecule has 362 valence electrons. The minimum Gasteiger partial charge on any atom is -0.376 e. The summed E-state index contributed by atoms with van der Waals surface area (Å²) in [5.74, 6) is 0. The van der Waals surface area contributed by atoms with Gasteiger partial charge in [-0.05, 0) is 184 Å². The summed E-state index contributed by atoms with van der Waals surface area (Å²) in [7, 11) is 0. The third kappa shape index (κ3) is 5.79. The van der Waals surface area contributed by atoms with E-state index in [0.29, 0.717) is 0 Å². The summed E-state index contributed by atoms with van der Waals surface area (Å²) < 4.78 is 2.87. The van der Waals surface area contributed by atoms with Crippen molar-refractivity contribution in [3.05, 3.63) is 152 Å². The van der Waals surface area contributed by atoms with Gasteiger partial charge >= 0.3 is 6.85 Å². The number of nitrogens with zero attached hydrogens (tertiary/aromatic N) is 2. The molecular weight excluding hydrogens is 856 g/mol. The first kappa shape index (κ1) is 45.6. The van der Waals surface area contributed by atoms with E-state index in [0.717, 1.165) is 0 Å². The Balaban J connectivity index is 1.26. The Morgan fingerprint density at radius 3 is 1.70 bits per heavy atom. The Morgan fingerprint density at radius 1 is 0.465 bits per heavy atom. The fourth-order valence-electron chi connectivity index (χ4n) is 15.4. The van der Waals surface area contributed by atoms with E-state index in [9.17, 15) is 0 Å². The minimum absolute atomic E-state index is 0.00939. The highest BCUT2D eigenvalue weighted by Crippen LogP contribution is 2.63. The molecule has 4 aliphatic carbocycles. The largest absolute Gasteiger partial charge is 0.376 e. The van der Waals surface area contributed by atoms with E-state index in [1.54, 1.807) is 5.56 Å². The van der Waals surface area contributed by atoms with E-state index in [4.69, 9.17) is 0 Å². The molecule has 3 heterocycles. The lowest BCUT2D eigenvalue weighted by atomic mass is 9.40. The van der Waals surface area contributed by atoms with Crippen LogP contribution in [0.3, 0.4) is 0 Å². The molecule has 0 unspecified atom stereocenters. The van der Waals surface area contributed by atoms with Crippen LogP contribution in [0.25, 0.3) is 49.8 Å². The van der Waals surface area contributed by atoms with Crippen molar-refractivity contribution in [2.45, 2.75) is 194 Å². The monoisotopic (exact) mass is 933 g/mol. The van der Waals surface area contributed by atoms with Crippen LogP contribution in [0.4, 0.5) is 11.4 Å². The van der Waals surface area contributed by atoms with Crippen molar-refractivity contribution in [1.82, 2.24) is 4.48 Å². The fraction of sp³-hybridized carbons (Fsp3) is 0.441. The van der Waals surface area contributed by atoms with Gasteiger partial charge in [-0.25, -0.2) is 0 Å². The van der Waals surface area contributed by atoms with Gasteiger partial charge in [0.25, 0.3) is 0 Å². The average molecular weight is 933 g/mol. The lowest BCUT2D eigenvalue weighted by molar-refractivity contribution is 0.331. The summed E-state index contributed by atoms with van der Waals surface area (Å²) in [6.07, 6.45) is 4.77. The van der Waals surface area contributed by atoms with Gasteiger partial charge in [-0.2, -0.15) is 0 Å². The van der Waals surface area contributed by atoms with Crippen LogP contribution in [0, 0.1) is 0 Å². The molecule has 6 aliphatic rings. The molecule has 1 aromatic heterocycles. The van der Waals surface area contributed by atoms with Crippen molar-refractivity contribution in [1.29, 1.82) is 0 Å². The first-order chi connectivity index (χ1) is 33.0. The normalized spacial score (nSPS) is 20.9. The van der Waals surface area contributed by atoms with Gasteiger partial charge in [-0.1, -0.05) is 167 Å². The summed E-state index contributed by atoms with van der Waals surface area (Å²) in [5, 5.41) is 2.77. The number of benzene rings is 6. The predicted molar refractivity (Wildman–Crippen MR) is 306 cm³/mol. The molecule has 0 radical (unpaired) electrons. The van der Waals surface area contributed by atoms with Crippen molar-refractivity contribution < 1.29 is 0 Å². The van der Waals surface area contributed by atoms with Gasteiger partial charge in [-0.3, -0.25) is 0 Å². The van der Waals surface area contributed by atoms with E-state index in [-0.39, 0.29) is 50.2 Å². The maximum absolute atomic E-state index is 2.87. The number of hydrogen-bond acceptors (Lipinski definition) is 1. The van der Waals surface area contributed by atoms with Crippen LogP contribution in [0.2, 0.25) is 0 Å². The Labute approximate surface area is 426 Å². The van der Waals surface area contributed by atoms with Gasteiger partial charge in [0.1, 0.15) is 0 Å². The molecule has 0 spiro atoms. The summed E-state index contributed by atoms with van der Waals surface area (Å²) in [6, 6.07) is 38.0. The van der Waals surface area contributed by atoms with Gasteiger partial charge in [0.05, 0.1) is 0 Å². The van der Waals surface area contributed by atoms with Crippen molar-refractivity contribution >= 4 is 51.2 Å². The zero-order chi connectivity index (χ0) is 50.4. The Bertz CT molecular complexity index is 3610. The third-order valence-corrected chi connectivity index (χ3v) is 20.0. The number of allylic oxidation sites excluding steroid dienone is 1. The van der Waals surface area contributed by atoms with Crippen molar-refractivity contribution in [2.24, 2.45) is 0 Å². The highest BCUT2D eigenvalue weighted by atomic mass is 15.2. The maximum atomic E-state index is 2.87. The Kier molecular flexibility index (Phi) is 8.64. The Morgan fingerprint density at radius 2 is 1.06 bits per heavy atom. The fourth-order valence-corrected chi connectivity index (χ4v) is 15.4. The van der Waals surface area contributed by atoms with Gasteiger partial charge in [-0.15, -0.1) is 0 Å². The Hall–Kier alpha value is -5.28. The SMILES string of the molecule is CC(C)(C)c1ccc2c(c1)c1cc(C(C)(C)C)cc3c1n2B1C2=C(c4cc5c(cc4C2(C)C)C(C)(C)CCC5(C)C)N(c2ccc4c(c2)C(C)(C)CCC4(C)C)c2cc4c(c-3c21)C(C)(C)c1ccccc1-4. The summed E-state index contributed by atoms with van der Waals surface area (Å²) in [4.78, 5) is 2.83. The molecule has 0 bridgehead atoms. The molecule has 0 atom stereocenters.